The Bertz CT molecular complexity index is 323. The normalized spacial score (nSPS) is 29.8. The largest absolute Gasteiger partial charge is 0.422 e. The fourth-order valence-corrected chi connectivity index (χ4v) is 2.19. The lowest BCUT2D eigenvalue weighted by Crippen LogP contribution is -2.48. The minimum Gasteiger partial charge on any atom is -0.422 e. The summed E-state index contributed by atoms with van der Waals surface area (Å²) in [5.41, 5.74) is 0. The van der Waals surface area contributed by atoms with Crippen molar-refractivity contribution >= 4 is 11.9 Å². The van der Waals surface area contributed by atoms with E-state index in [0.717, 1.165) is 19.3 Å². The molecule has 88 valence electrons. The first-order valence-corrected chi connectivity index (χ1v) is 5.62. The van der Waals surface area contributed by atoms with Crippen LogP contribution in [0.4, 0.5) is 0 Å². The molecule has 1 aliphatic heterocycles. The first kappa shape index (κ1) is 11.2. The van der Waals surface area contributed by atoms with Crippen molar-refractivity contribution in [3.05, 3.63) is 12.2 Å². The van der Waals surface area contributed by atoms with Gasteiger partial charge in [-0.15, -0.1) is 0 Å². The SMILES string of the molecule is CC1(C)OC(=O)C([C@H]2C=CCCC2)C(=O)O1. The van der Waals surface area contributed by atoms with Gasteiger partial charge in [0, 0.05) is 19.8 Å². The van der Waals surface area contributed by atoms with Crippen molar-refractivity contribution in [1.29, 1.82) is 0 Å². The van der Waals surface area contributed by atoms with Gasteiger partial charge in [-0.25, -0.2) is 0 Å². The standard InChI is InChI=1S/C12H16O4/c1-12(2)15-10(13)9(11(14)16-12)8-6-4-3-5-7-8/h4,6,8-9H,3,5,7H2,1-2H3/t8-/m0/s1. The van der Waals surface area contributed by atoms with Gasteiger partial charge < -0.3 is 9.47 Å². The molecule has 1 saturated heterocycles. The number of carbonyl (C=O) groups is 2. The zero-order valence-electron chi connectivity index (χ0n) is 9.56. The number of hydrogen-bond donors (Lipinski definition) is 0. The zero-order chi connectivity index (χ0) is 11.8. The van der Waals surface area contributed by atoms with Crippen LogP contribution in [-0.2, 0) is 19.1 Å². The van der Waals surface area contributed by atoms with Gasteiger partial charge in [-0.05, 0) is 19.3 Å². The van der Waals surface area contributed by atoms with Crippen LogP contribution in [0.2, 0.25) is 0 Å². The van der Waals surface area contributed by atoms with Gasteiger partial charge in [0.15, 0.2) is 5.92 Å². The minimum absolute atomic E-state index is 0.0650. The molecule has 0 aromatic carbocycles. The molecule has 1 heterocycles. The summed E-state index contributed by atoms with van der Waals surface area (Å²) in [5, 5.41) is 0. The molecule has 2 aliphatic rings. The topological polar surface area (TPSA) is 52.6 Å². The van der Waals surface area contributed by atoms with E-state index < -0.39 is 23.6 Å². The van der Waals surface area contributed by atoms with E-state index >= 15 is 0 Å². The lowest BCUT2D eigenvalue weighted by molar-refractivity contribution is -0.242. The number of allylic oxidation sites excluding steroid dienone is 2. The zero-order valence-corrected chi connectivity index (χ0v) is 9.56. The number of esters is 2. The summed E-state index contributed by atoms with van der Waals surface area (Å²) in [6.07, 6.45) is 6.79. The van der Waals surface area contributed by atoms with Crippen LogP contribution in [0.1, 0.15) is 33.1 Å². The van der Waals surface area contributed by atoms with Gasteiger partial charge in [-0.1, -0.05) is 12.2 Å². The fraction of sp³-hybridized carbons (Fsp3) is 0.667. The summed E-state index contributed by atoms with van der Waals surface area (Å²) in [6, 6.07) is 0. The summed E-state index contributed by atoms with van der Waals surface area (Å²) >= 11 is 0. The Morgan fingerprint density at radius 1 is 1.25 bits per heavy atom. The third-order valence-corrected chi connectivity index (χ3v) is 2.92. The van der Waals surface area contributed by atoms with E-state index in [1.165, 1.54) is 0 Å². The van der Waals surface area contributed by atoms with Gasteiger partial charge in [0.05, 0.1) is 0 Å². The molecule has 1 aliphatic carbocycles. The Balaban J connectivity index is 2.16. The molecule has 0 saturated carbocycles. The molecule has 0 spiro atoms. The van der Waals surface area contributed by atoms with E-state index in [2.05, 4.69) is 0 Å². The van der Waals surface area contributed by atoms with E-state index in [1.807, 2.05) is 12.2 Å². The predicted molar refractivity (Wildman–Crippen MR) is 56.2 cm³/mol. The molecule has 0 bridgehead atoms. The van der Waals surface area contributed by atoms with Crippen molar-refractivity contribution in [2.75, 3.05) is 0 Å². The number of ether oxygens (including phenoxy) is 2. The second kappa shape index (κ2) is 3.92. The highest BCUT2D eigenvalue weighted by molar-refractivity contribution is 5.97. The first-order chi connectivity index (χ1) is 7.49. The molecular weight excluding hydrogens is 208 g/mol. The molecule has 2 rings (SSSR count). The summed E-state index contributed by atoms with van der Waals surface area (Å²) in [7, 11) is 0. The molecular formula is C12H16O4. The van der Waals surface area contributed by atoms with Crippen LogP contribution in [0.3, 0.4) is 0 Å². The highest BCUT2D eigenvalue weighted by Gasteiger charge is 2.46. The van der Waals surface area contributed by atoms with E-state index in [1.54, 1.807) is 13.8 Å². The number of carbonyl (C=O) groups excluding carboxylic acids is 2. The average molecular weight is 224 g/mol. The molecule has 0 aromatic heterocycles. The monoisotopic (exact) mass is 224 g/mol. The first-order valence-electron chi connectivity index (χ1n) is 5.62. The van der Waals surface area contributed by atoms with Crippen LogP contribution in [0.15, 0.2) is 12.2 Å². The maximum Gasteiger partial charge on any atom is 0.324 e. The van der Waals surface area contributed by atoms with Crippen molar-refractivity contribution in [2.45, 2.75) is 38.9 Å². The quantitative estimate of drug-likeness (QED) is 0.387. The van der Waals surface area contributed by atoms with E-state index in [-0.39, 0.29) is 5.92 Å². The molecule has 0 N–H and O–H groups in total. The molecule has 16 heavy (non-hydrogen) atoms. The number of cyclic esters (lactones) is 2. The fourth-order valence-electron chi connectivity index (χ4n) is 2.19. The second-order valence-electron chi connectivity index (χ2n) is 4.74. The summed E-state index contributed by atoms with van der Waals surface area (Å²) in [6.45, 7) is 3.13. The highest BCUT2D eigenvalue weighted by Crippen LogP contribution is 2.32. The third kappa shape index (κ3) is 2.10. The van der Waals surface area contributed by atoms with Crippen LogP contribution in [0.5, 0.6) is 0 Å². The van der Waals surface area contributed by atoms with E-state index in [0.29, 0.717) is 0 Å². The summed E-state index contributed by atoms with van der Waals surface area (Å²) in [5.74, 6) is -2.88. The Morgan fingerprint density at radius 2 is 1.88 bits per heavy atom. The van der Waals surface area contributed by atoms with Crippen molar-refractivity contribution in [2.24, 2.45) is 11.8 Å². The van der Waals surface area contributed by atoms with Gasteiger partial charge in [-0.2, -0.15) is 0 Å². The molecule has 0 unspecified atom stereocenters. The third-order valence-electron chi connectivity index (χ3n) is 2.92. The predicted octanol–water partition coefficient (Wildman–Crippen LogP) is 1.79. The van der Waals surface area contributed by atoms with Gasteiger partial charge >= 0.3 is 11.9 Å². The van der Waals surface area contributed by atoms with Crippen LogP contribution in [-0.4, -0.2) is 17.7 Å². The molecule has 1 fully saturated rings. The van der Waals surface area contributed by atoms with Crippen LogP contribution in [0.25, 0.3) is 0 Å². The van der Waals surface area contributed by atoms with Crippen molar-refractivity contribution < 1.29 is 19.1 Å². The molecule has 0 radical (unpaired) electrons. The Labute approximate surface area is 94.6 Å². The highest BCUT2D eigenvalue weighted by atomic mass is 16.7. The van der Waals surface area contributed by atoms with Crippen LogP contribution >= 0.6 is 0 Å². The van der Waals surface area contributed by atoms with Crippen molar-refractivity contribution in [3.8, 4) is 0 Å². The summed E-state index contributed by atoms with van der Waals surface area (Å²) in [4.78, 5) is 23.5. The van der Waals surface area contributed by atoms with E-state index in [9.17, 15) is 9.59 Å². The lowest BCUT2D eigenvalue weighted by Gasteiger charge is -2.35. The maximum absolute atomic E-state index is 11.8. The molecule has 0 amide bonds. The maximum atomic E-state index is 11.8. The molecule has 4 nitrogen and oxygen atoms in total. The van der Waals surface area contributed by atoms with Crippen LogP contribution < -0.4 is 0 Å². The number of rotatable bonds is 1. The summed E-state index contributed by atoms with van der Waals surface area (Å²) < 4.78 is 10.2. The minimum atomic E-state index is -1.12. The average Bonchev–Trinajstić information content (AvgIpc) is 2.16. The van der Waals surface area contributed by atoms with E-state index in [4.69, 9.17) is 9.47 Å². The van der Waals surface area contributed by atoms with Crippen molar-refractivity contribution in [3.63, 3.8) is 0 Å². The Hall–Kier alpha value is -1.32. The Morgan fingerprint density at radius 3 is 2.38 bits per heavy atom. The lowest BCUT2D eigenvalue weighted by atomic mass is 9.84. The van der Waals surface area contributed by atoms with Crippen LogP contribution in [0, 0.1) is 11.8 Å². The molecule has 4 heteroatoms. The number of hydrogen-bond acceptors (Lipinski definition) is 4. The molecule has 0 aromatic rings. The second-order valence-corrected chi connectivity index (χ2v) is 4.74. The van der Waals surface area contributed by atoms with Gasteiger partial charge in [-0.3, -0.25) is 9.59 Å². The smallest absolute Gasteiger partial charge is 0.324 e. The Kier molecular flexibility index (Phi) is 2.74. The molecule has 1 atom stereocenters. The van der Waals surface area contributed by atoms with Gasteiger partial charge in [0.1, 0.15) is 0 Å². The van der Waals surface area contributed by atoms with Crippen molar-refractivity contribution in [1.82, 2.24) is 0 Å². The van der Waals surface area contributed by atoms with Gasteiger partial charge in [0.2, 0.25) is 0 Å². The van der Waals surface area contributed by atoms with Gasteiger partial charge in [0.25, 0.3) is 5.79 Å².